The first-order valence-electron chi connectivity index (χ1n) is 7.54. The minimum Gasteiger partial charge on any atom is -0.303 e. The molecular weight excluding hydrogens is 274 g/mol. The molecule has 1 fully saturated rings. The van der Waals surface area contributed by atoms with Crippen LogP contribution in [-0.2, 0) is 0 Å². The maximum Gasteiger partial charge on any atom is 0.0100 e. The highest BCUT2D eigenvalue weighted by Gasteiger charge is 2.29. The lowest BCUT2D eigenvalue weighted by atomic mass is 9.80. The molecule has 0 radical (unpaired) electrons. The van der Waals surface area contributed by atoms with E-state index in [9.17, 15) is 0 Å². The van der Waals surface area contributed by atoms with Gasteiger partial charge in [0, 0.05) is 11.9 Å². The summed E-state index contributed by atoms with van der Waals surface area (Å²) in [7, 11) is 0. The predicted molar refractivity (Wildman–Crippen MR) is 81.0 cm³/mol. The molecule has 1 aliphatic heterocycles. The van der Waals surface area contributed by atoms with Gasteiger partial charge >= 0.3 is 0 Å². The number of hydrogen-bond donors (Lipinski definition) is 0. The van der Waals surface area contributed by atoms with Crippen molar-refractivity contribution in [3.8, 4) is 0 Å². The van der Waals surface area contributed by atoms with E-state index in [0.717, 1.165) is 0 Å². The molecular formula is C15H30BrN. The highest BCUT2D eigenvalue weighted by Crippen LogP contribution is 2.33. The van der Waals surface area contributed by atoms with E-state index in [1.807, 2.05) is 0 Å². The Bertz CT molecular complexity index is 179. The summed E-state index contributed by atoms with van der Waals surface area (Å²) in [6.45, 7) is 8.65. The molecule has 0 atom stereocenters. The molecule has 2 heteroatoms. The third kappa shape index (κ3) is 5.30. The number of alkyl halides is 1. The summed E-state index contributed by atoms with van der Waals surface area (Å²) in [5, 5.41) is 1.18. The maximum absolute atomic E-state index is 3.79. The van der Waals surface area contributed by atoms with Gasteiger partial charge in [0.15, 0.2) is 0 Å². The summed E-state index contributed by atoms with van der Waals surface area (Å²) in [6.07, 6.45) is 11.1. The molecule has 1 heterocycles. The first-order chi connectivity index (χ1) is 8.26. The lowest BCUT2D eigenvalue weighted by molar-refractivity contribution is 0.151. The average Bonchev–Trinajstić information content (AvgIpc) is 2.58. The smallest absolute Gasteiger partial charge is 0.0100 e. The van der Waals surface area contributed by atoms with Gasteiger partial charge in [0.05, 0.1) is 0 Å². The van der Waals surface area contributed by atoms with Crippen LogP contribution >= 0.6 is 15.9 Å². The van der Waals surface area contributed by atoms with Crippen LogP contribution < -0.4 is 0 Å². The van der Waals surface area contributed by atoms with Gasteiger partial charge in [0.1, 0.15) is 0 Å². The monoisotopic (exact) mass is 303 g/mol. The summed E-state index contributed by atoms with van der Waals surface area (Å²) >= 11 is 3.79. The van der Waals surface area contributed by atoms with Crippen molar-refractivity contribution in [1.29, 1.82) is 0 Å². The molecule has 0 spiro atoms. The Kier molecular flexibility index (Phi) is 7.77. The van der Waals surface area contributed by atoms with Crippen LogP contribution in [0.1, 0.15) is 65.2 Å². The fourth-order valence-corrected chi connectivity index (χ4v) is 4.03. The van der Waals surface area contributed by atoms with E-state index in [-0.39, 0.29) is 0 Å². The second kappa shape index (κ2) is 8.53. The number of rotatable bonds is 7. The van der Waals surface area contributed by atoms with Gasteiger partial charge in [-0.15, -0.1) is 0 Å². The predicted octanol–water partition coefficient (Wildman–Crippen LogP) is 4.84. The highest BCUT2D eigenvalue weighted by molar-refractivity contribution is 9.09. The summed E-state index contributed by atoms with van der Waals surface area (Å²) in [6, 6.07) is 0. The van der Waals surface area contributed by atoms with Crippen LogP contribution in [0.4, 0.5) is 0 Å². The van der Waals surface area contributed by atoms with Crippen molar-refractivity contribution < 1.29 is 0 Å². The molecule has 0 aromatic carbocycles. The Morgan fingerprint density at radius 1 is 0.941 bits per heavy atom. The molecule has 1 saturated heterocycles. The second-order valence-corrected chi connectivity index (χ2v) is 6.38. The number of likely N-dealkylation sites (tertiary alicyclic amines) is 1. The standard InChI is InChI=1S/C15H30BrN/c1-3-9-15(13-16,10-4-2)14-17-11-7-5-6-8-12-17/h3-14H2,1-2H3. The van der Waals surface area contributed by atoms with Gasteiger partial charge in [0.25, 0.3) is 0 Å². The van der Waals surface area contributed by atoms with Crippen LogP contribution in [0.3, 0.4) is 0 Å². The van der Waals surface area contributed by atoms with Crippen molar-refractivity contribution >= 4 is 15.9 Å². The lowest BCUT2D eigenvalue weighted by Crippen LogP contribution is -2.39. The van der Waals surface area contributed by atoms with E-state index in [1.165, 1.54) is 76.3 Å². The molecule has 1 nitrogen and oxygen atoms in total. The Morgan fingerprint density at radius 3 is 1.88 bits per heavy atom. The molecule has 17 heavy (non-hydrogen) atoms. The SMILES string of the molecule is CCCC(CBr)(CCC)CN1CCCCCC1. The lowest BCUT2D eigenvalue weighted by Gasteiger charge is -2.37. The van der Waals surface area contributed by atoms with Crippen molar-refractivity contribution in [1.82, 2.24) is 4.90 Å². The Balaban J connectivity index is 2.55. The summed E-state index contributed by atoms with van der Waals surface area (Å²) in [5.41, 5.74) is 0.536. The highest BCUT2D eigenvalue weighted by atomic mass is 79.9. The summed E-state index contributed by atoms with van der Waals surface area (Å²) in [4.78, 5) is 2.74. The Hall–Kier alpha value is 0.440. The van der Waals surface area contributed by atoms with Crippen molar-refractivity contribution in [2.45, 2.75) is 65.2 Å². The quantitative estimate of drug-likeness (QED) is 0.608. The van der Waals surface area contributed by atoms with Gasteiger partial charge in [-0.1, -0.05) is 55.5 Å². The summed E-state index contributed by atoms with van der Waals surface area (Å²) < 4.78 is 0. The Morgan fingerprint density at radius 2 is 1.47 bits per heavy atom. The van der Waals surface area contributed by atoms with Gasteiger partial charge < -0.3 is 4.90 Å². The van der Waals surface area contributed by atoms with Crippen LogP contribution in [-0.4, -0.2) is 29.9 Å². The third-order valence-electron chi connectivity index (χ3n) is 4.10. The van der Waals surface area contributed by atoms with E-state index in [4.69, 9.17) is 0 Å². The molecule has 102 valence electrons. The molecule has 0 bridgehead atoms. The van der Waals surface area contributed by atoms with E-state index in [2.05, 4.69) is 34.7 Å². The van der Waals surface area contributed by atoms with Crippen LogP contribution in [0, 0.1) is 5.41 Å². The van der Waals surface area contributed by atoms with E-state index in [1.54, 1.807) is 0 Å². The molecule has 1 rings (SSSR count). The maximum atomic E-state index is 3.79. The second-order valence-electron chi connectivity index (χ2n) is 5.82. The average molecular weight is 304 g/mol. The largest absolute Gasteiger partial charge is 0.303 e. The number of hydrogen-bond acceptors (Lipinski definition) is 1. The van der Waals surface area contributed by atoms with E-state index < -0.39 is 0 Å². The van der Waals surface area contributed by atoms with Crippen LogP contribution in [0.25, 0.3) is 0 Å². The third-order valence-corrected chi connectivity index (χ3v) is 5.29. The molecule has 0 aromatic heterocycles. The molecule has 1 aliphatic rings. The van der Waals surface area contributed by atoms with Crippen LogP contribution in [0.15, 0.2) is 0 Å². The molecule has 0 aromatic rings. The molecule has 0 unspecified atom stereocenters. The van der Waals surface area contributed by atoms with Crippen LogP contribution in [0.2, 0.25) is 0 Å². The topological polar surface area (TPSA) is 3.24 Å². The minimum atomic E-state index is 0.536. The van der Waals surface area contributed by atoms with Gasteiger partial charge in [-0.25, -0.2) is 0 Å². The van der Waals surface area contributed by atoms with Crippen molar-refractivity contribution in [2.24, 2.45) is 5.41 Å². The van der Waals surface area contributed by atoms with Gasteiger partial charge in [-0.3, -0.25) is 0 Å². The molecule has 0 amide bonds. The fourth-order valence-electron chi connectivity index (χ4n) is 3.29. The van der Waals surface area contributed by atoms with Crippen LogP contribution in [0.5, 0.6) is 0 Å². The van der Waals surface area contributed by atoms with Crippen molar-refractivity contribution in [2.75, 3.05) is 25.0 Å². The minimum absolute atomic E-state index is 0.536. The number of halogens is 1. The van der Waals surface area contributed by atoms with Gasteiger partial charge in [0.2, 0.25) is 0 Å². The van der Waals surface area contributed by atoms with E-state index in [0.29, 0.717) is 5.41 Å². The number of nitrogens with zero attached hydrogens (tertiary/aromatic N) is 1. The zero-order valence-electron chi connectivity index (χ0n) is 11.8. The Labute approximate surface area is 116 Å². The first kappa shape index (κ1) is 15.5. The molecule has 0 saturated carbocycles. The van der Waals surface area contributed by atoms with Crippen molar-refractivity contribution in [3.05, 3.63) is 0 Å². The molecule has 0 N–H and O–H groups in total. The summed E-state index contributed by atoms with van der Waals surface area (Å²) in [5.74, 6) is 0. The first-order valence-corrected chi connectivity index (χ1v) is 8.67. The van der Waals surface area contributed by atoms with Gasteiger partial charge in [-0.2, -0.15) is 0 Å². The van der Waals surface area contributed by atoms with Crippen molar-refractivity contribution in [3.63, 3.8) is 0 Å². The fraction of sp³-hybridized carbons (Fsp3) is 1.00. The van der Waals surface area contributed by atoms with E-state index >= 15 is 0 Å². The van der Waals surface area contributed by atoms with Gasteiger partial charge in [-0.05, 0) is 44.2 Å². The normalized spacial score (nSPS) is 19.2. The zero-order chi connectivity index (χ0) is 12.6. The zero-order valence-corrected chi connectivity index (χ0v) is 13.4. The molecule has 0 aliphatic carbocycles.